The van der Waals surface area contributed by atoms with Crippen molar-refractivity contribution in [3.8, 4) is 0 Å². The summed E-state index contributed by atoms with van der Waals surface area (Å²) in [6.45, 7) is 1.68. The van der Waals surface area contributed by atoms with Crippen molar-refractivity contribution in [2.45, 2.75) is 24.9 Å². The summed E-state index contributed by atoms with van der Waals surface area (Å²) in [5.41, 5.74) is 0.630. The highest BCUT2D eigenvalue weighted by molar-refractivity contribution is 5.94. The van der Waals surface area contributed by atoms with Crippen LogP contribution in [0.1, 0.15) is 23.2 Å². The lowest BCUT2D eigenvalue weighted by Gasteiger charge is -2.25. The Labute approximate surface area is 122 Å². The van der Waals surface area contributed by atoms with Crippen molar-refractivity contribution in [1.29, 1.82) is 0 Å². The number of fused-ring (bicyclic) bond motifs is 1. The van der Waals surface area contributed by atoms with Crippen molar-refractivity contribution in [2.24, 2.45) is 0 Å². The van der Waals surface area contributed by atoms with Crippen molar-refractivity contribution in [3.63, 3.8) is 0 Å². The minimum absolute atomic E-state index is 0.0621. The zero-order valence-electron chi connectivity index (χ0n) is 11.6. The van der Waals surface area contributed by atoms with Crippen molar-refractivity contribution < 1.29 is 9.21 Å². The van der Waals surface area contributed by atoms with Crippen LogP contribution in [0.5, 0.6) is 0 Å². The number of amides is 1. The smallest absolute Gasteiger partial charge is 0.257 e. The summed E-state index contributed by atoms with van der Waals surface area (Å²) < 4.78 is 5.02. The highest BCUT2D eigenvalue weighted by atomic mass is 16.3. The fourth-order valence-electron chi connectivity index (χ4n) is 3.48. The second-order valence-corrected chi connectivity index (χ2v) is 5.46. The van der Waals surface area contributed by atoms with Crippen molar-refractivity contribution in [2.75, 3.05) is 18.0 Å². The van der Waals surface area contributed by atoms with Crippen molar-refractivity contribution >= 4 is 11.9 Å². The summed E-state index contributed by atoms with van der Waals surface area (Å²) in [6, 6.07) is 4.11. The van der Waals surface area contributed by atoms with Gasteiger partial charge < -0.3 is 14.2 Å². The second-order valence-electron chi connectivity index (χ2n) is 5.46. The van der Waals surface area contributed by atoms with Gasteiger partial charge >= 0.3 is 0 Å². The second kappa shape index (κ2) is 4.87. The first-order valence-corrected chi connectivity index (χ1v) is 7.21. The highest BCUT2D eigenvalue weighted by Gasteiger charge is 2.45. The molecule has 2 aliphatic rings. The van der Waals surface area contributed by atoms with E-state index in [1.807, 2.05) is 11.0 Å². The molecule has 21 heavy (non-hydrogen) atoms. The minimum Gasteiger partial charge on any atom is -0.472 e. The van der Waals surface area contributed by atoms with Gasteiger partial charge in [0, 0.05) is 25.5 Å². The summed E-state index contributed by atoms with van der Waals surface area (Å²) >= 11 is 0. The Morgan fingerprint density at radius 1 is 1.19 bits per heavy atom. The number of hydrogen-bond donors (Lipinski definition) is 0. The topological polar surface area (TPSA) is 62.5 Å². The first-order valence-electron chi connectivity index (χ1n) is 7.21. The Hall–Kier alpha value is -2.37. The van der Waals surface area contributed by atoms with E-state index in [0.717, 1.165) is 31.9 Å². The molecule has 2 aromatic heterocycles. The Balaban J connectivity index is 1.55. The number of furan rings is 1. The molecule has 4 rings (SSSR count). The molecule has 2 aliphatic heterocycles. The molecule has 0 aromatic carbocycles. The van der Waals surface area contributed by atoms with E-state index < -0.39 is 0 Å². The molecule has 6 nitrogen and oxygen atoms in total. The summed E-state index contributed by atoms with van der Waals surface area (Å²) in [5, 5.41) is 0. The van der Waals surface area contributed by atoms with Crippen LogP contribution in [0.2, 0.25) is 0 Å². The molecule has 0 aliphatic carbocycles. The van der Waals surface area contributed by atoms with E-state index in [4.69, 9.17) is 4.42 Å². The zero-order chi connectivity index (χ0) is 14.2. The van der Waals surface area contributed by atoms with E-state index in [9.17, 15) is 4.79 Å². The van der Waals surface area contributed by atoms with Gasteiger partial charge in [0.15, 0.2) is 0 Å². The number of likely N-dealkylation sites (tertiary alicyclic amines) is 1. The summed E-state index contributed by atoms with van der Waals surface area (Å²) in [5.74, 6) is 0.828. The molecule has 0 N–H and O–H groups in total. The quantitative estimate of drug-likeness (QED) is 0.837. The molecule has 2 atom stereocenters. The number of hydrogen-bond acceptors (Lipinski definition) is 5. The van der Waals surface area contributed by atoms with E-state index in [-0.39, 0.29) is 11.9 Å². The van der Waals surface area contributed by atoms with Gasteiger partial charge in [-0.25, -0.2) is 9.97 Å². The third kappa shape index (κ3) is 1.98. The normalized spacial score (nSPS) is 24.4. The Morgan fingerprint density at radius 3 is 2.76 bits per heavy atom. The van der Waals surface area contributed by atoms with Crippen LogP contribution in [0.15, 0.2) is 41.5 Å². The predicted octanol–water partition coefficient (Wildman–Crippen LogP) is 1.56. The van der Waals surface area contributed by atoms with Gasteiger partial charge in [-0.3, -0.25) is 4.79 Å². The molecule has 108 valence electrons. The van der Waals surface area contributed by atoms with Crippen LogP contribution < -0.4 is 4.90 Å². The van der Waals surface area contributed by atoms with E-state index in [1.54, 1.807) is 24.7 Å². The van der Waals surface area contributed by atoms with Gasteiger partial charge in [0.1, 0.15) is 6.26 Å². The average molecular weight is 284 g/mol. The lowest BCUT2D eigenvalue weighted by Crippen LogP contribution is -2.40. The largest absolute Gasteiger partial charge is 0.472 e. The molecule has 2 fully saturated rings. The van der Waals surface area contributed by atoms with Crippen LogP contribution in [0.3, 0.4) is 0 Å². The van der Waals surface area contributed by atoms with Crippen LogP contribution in [0, 0.1) is 0 Å². The SMILES string of the molecule is O=C(c1ccoc1)N1CC[C@@H]2[C@@H]1CCN2c1ncccn1. The Morgan fingerprint density at radius 2 is 2.00 bits per heavy atom. The first-order chi connectivity index (χ1) is 10.3. The number of aromatic nitrogens is 2. The number of carbonyl (C=O) groups is 1. The summed E-state index contributed by atoms with van der Waals surface area (Å²) in [6.07, 6.45) is 8.51. The number of nitrogens with zero attached hydrogens (tertiary/aromatic N) is 4. The van der Waals surface area contributed by atoms with Crippen LogP contribution in [-0.4, -0.2) is 45.9 Å². The Bertz CT molecular complexity index is 628. The Kier molecular flexibility index (Phi) is 2.87. The maximum atomic E-state index is 12.5. The lowest BCUT2D eigenvalue weighted by molar-refractivity contribution is 0.0737. The van der Waals surface area contributed by atoms with Gasteiger partial charge in [0.25, 0.3) is 5.91 Å². The van der Waals surface area contributed by atoms with Gasteiger partial charge in [-0.05, 0) is 25.0 Å². The predicted molar refractivity (Wildman–Crippen MR) is 75.9 cm³/mol. The molecule has 6 heteroatoms. The summed E-state index contributed by atoms with van der Waals surface area (Å²) in [7, 11) is 0. The standard InChI is InChI=1S/C15H16N4O2/c20-14(11-4-9-21-10-11)18-7-2-13-12(18)3-8-19(13)15-16-5-1-6-17-15/h1,4-6,9-10,12-13H,2-3,7-8H2/t12-,13+/m0/s1. The van der Waals surface area contributed by atoms with Crippen molar-refractivity contribution in [1.82, 2.24) is 14.9 Å². The van der Waals surface area contributed by atoms with E-state index >= 15 is 0 Å². The first kappa shape index (κ1) is 12.4. The third-order valence-electron chi connectivity index (χ3n) is 4.41. The van der Waals surface area contributed by atoms with Gasteiger partial charge in [0.2, 0.25) is 5.95 Å². The number of rotatable bonds is 2. The van der Waals surface area contributed by atoms with E-state index in [2.05, 4.69) is 14.9 Å². The lowest BCUT2D eigenvalue weighted by atomic mass is 10.1. The van der Waals surface area contributed by atoms with Crippen LogP contribution in [0.4, 0.5) is 5.95 Å². The molecule has 0 unspecified atom stereocenters. The summed E-state index contributed by atoms with van der Waals surface area (Å²) in [4.78, 5) is 25.4. The molecule has 0 saturated carbocycles. The molecule has 2 aromatic rings. The maximum absolute atomic E-state index is 12.5. The zero-order valence-corrected chi connectivity index (χ0v) is 11.6. The molecule has 2 saturated heterocycles. The molecular weight excluding hydrogens is 268 g/mol. The number of anilines is 1. The van der Waals surface area contributed by atoms with Crippen LogP contribution in [-0.2, 0) is 0 Å². The molecule has 0 bridgehead atoms. The monoisotopic (exact) mass is 284 g/mol. The minimum atomic E-state index is 0.0621. The van der Waals surface area contributed by atoms with Gasteiger partial charge in [-0.1, -0.05) is 0 Å². The van der Waals surface area contributed by atoms with Crippen LogP contribution >= 0.6 is 0 Å². The molecule has 1 amide bonds. The van der Waals surface area contributed by atoms with Crippen molar-refractivity contribution in [3.05, 3.63) is 42.6 Å². The maximum Gasteiger partial charge on any atom is 0.257 e. The van der Waals surface area contributed by atoms with E-state index in [1.165, 1.54) is 6.26 Å². The van der Waals surface area contributed by atoms with Gasteiger partial charge in [-0.15, -0.1) is 0 Å². The molecular formula is C15H16N4O2. The van der Waals surface area contributed by atoms with Crippen LogP contribution in [0.25, 0.3) is 0 Å². The van der Waals surface area contributed by atoms with Gasteiger partial charge in [-0.2, -0.15) is 0 Å². The third-order valence-corrected chi connectivity index (χ3v) is 4.41. The fraction of sp³-hybridized carbons (Fsp3) is 0.400. The van der Waals surface area contributed by atoms with Gasteiger partial charge in [0.05, 0.1) is 23.9 Å². The highest BCUT2D eigenvalue weighted by Crippen LogP contribution is 2.34. The molecule has 0 spiro atoms. The molecule has 0 radical (unpaired) electrons. The van der Waals surface area contributed by atoms with E-state index in [0.29, 0.717) is 11.6 Å². The fourth-order valence-corrected chi connectivity index (χ4v) is 3.48. The molecule has 4 heterocycles. The average Bonchev–Trinajstić information content (AvgIpc) is 3.24. The number of carbonyl (C=O) groups excluding carboxylic acids is 1.